The van der Waals surface area contributed by atoms with Crippen molar-refractivity contribution < 1.29 is 8.85 Å². The summed E-state index contributed by atoms with van der Waals surface area (Å²) in [5.41, 5.74) is 0. The highest BCUT2D eigenvalue weighted by molar-refractivity contribution is 6.64. The van der Waals surface area contributed by atoms with E-state index < -0.39 is 8.56 Å². The van der Waals surface area contributed by atoms with E-state index in [2.05, 4.69) is 45.7 Å². The Morgan fingerprint density at radius 3 is 1.92 bits per heavy atom. The molecule has 0 aliphatic heterocycles. The minimum atomic E-state index is -2.01. The Balaban J connectivity index is 3.72. The normalized spacial score (nSPS) is 12.7. The molecule has 1 atom stereocenters. The maximum absolute atomic E-state index is 6.26. The monoisotopic (exact) mass is 368 g/mol. The van der Waals surface area contributed by atoms with Crippen LogP contribution in [0.1, 0.15) is 104 Å². The van der Waals surface area contributed by atoms with Crippen molar-refractivity contribution >= 4 is 8.56 Å². The van der Waals surface area contributed by atoms with Crippen LogP contribution < -0.4 is 0 Å². The maximum atomic E-state index is 6.26. The van der Waals surface area contributed by atoms with Gasteiger partial charge in [-0.25, -0.2) is 0 Å². The molecule has 0 spiro atoms. The van der Waals surface area contributed by atoms with Gasteiger partial charge in [0.25, 0.3) is 0 Å². The molecule has 0 amide bonds. The van der Waals surface area contributed by atoms with Gasteiger partial charge in [0.1, 0.15) is 0 Å². The van der Waals surface area contributed by atoms with Crippen LogP contribution in [0, 0.1) is 11.8 Å². The molecule has 0 N–H and O–H groups in total. The molecule has 1 unspecified atom stereocenters. The van der Waals surface area contributed by atoms with Crippen molar-refractivity contribution in [2.45, 2.75) is 123 Å². The summed E-state index contributed by atoms with van der Waals surface area (Å²) in [6.45, 7) is 11.8. The lowest BCUT2D eigenvalue weighted by Gasteiger charge is -2.27. The van der Waals surface area contributed by atoms with Crippen LogP contribution in [-0.2, 0) is 8.85 Å². The minimum absolute atomic E-state index is 0.231. The Bertz CT molecular complexity index is 344. The third kappa shape index (κ3) is 16.9. The minimum Gasteiger partial charge on any atom is -0.395 e. The Kier molecular flexibility index (Phi) is 16.9. The van der Waals surface area contributed by atoms with Gasteiger partial charge in [-0.05, 0) is 32.4 Å². The second-order valence-electron chi connectivity index (χ2n) is 7.53. The van der Waals surface area contributed by atoms with Gasteiger partial charge in [0.2, 0.25) is 0 Å². The average molecular weight is 369 g/mol. The zero-order valence-electron chi connectivity index (χ0n) is 17.8. The lowest BCUT2D eigenvalue weighted by Crippen LogP contribution is -2.39. The summed E-state index contributed by atoms with van der Waals surface area (Å²) in [5, 5.41) is 0. The topological polar surface area (TPSA) is 18.5 Å². The molecular weight excluding hydrogens is 324 g/mol. The van der Waals surface area contributed by atoms with Gasteiger partial charge in [-0.15, -0.1) is 11.8 Å². The molecule has 0 saturated heterocycles. The van der Waals surface area contributed by atoms with E-state index in [4.69, 9.17) is 8.85 Å². The second-order valence-corrected chi connectivity index (χ2v) is 10.9. The molecule has 0 fully saturated rings. The molecule has 0 rings (SSSR count). The molecule has 25 heavy (non-hydrogen) atoms. The standard InChI is InChI=1S/C22H44O2Si/c1-6-9-11-13-14-15-16-17-19-21-23-25(4,5)24-22(8-3)20-18-12-10-7-2/h22H,6-11,13-17,19-21H2,1-5H3. The van der Waals surface area contributed by atoms with E-state index in [1.54, 1.807) is 0 Å². The first-order valence-electron chi connectivity index (χ1n) is 10.8. The van der Waals surface area contributed by atoms with E-state index >= 15 is 0 Å². The summed E-state index contributed by atoms with van der Waals surface area (Å²) in [6, 6.07) is 0. The maximum Gasteiger partial charge on any atom is 0.331 e. The van der Waals surface area contributed by atoms with Crippen molar-refractivity contribution in [1.82, 2.24) is 0 Å². The van der Waals surface area contributed by atoms with Crippen molar-refractivity contribution in [3.8, 4) is 11.8 Å². The van der Waals surface area contributed by atoms with E-state index in [-0.39, 0.29) is 6.10 Å². The molecular formula is C22H44O2Si. The van der Waals surface area contributed by atoms with E-state index in [1.807, 2.05) is 0 Å². The van der Waals surface area contributed by atoms with Crippen LogP contribution in [0.3, 0.4) is 0 Å². The van der Waals surface area contributed by atoms with Gasteiger partial charge >= 0.3 is 8.56 Å². The van der Waals surface area contributed by atoms with Crippen molar-refractivity contribution in [2.24, 2.45) is 0 Å². The molecule has 0 aromatic heterocycles. The predicted molar refractivity (Wildman–Crippen MR) is 113 cm³/mol. The largest absolute Gasteiger partial charge is 0.395 e. The van der Waals surface area contributed by atoms with Gasteiger partial charge < -0.3 is 8.85 Å². The molecule has 0 aliphatic rings. The molecule has 0 aromatic carbocycles. The summed E-state index contributed by atoms with van der Waals surface area (Å²) < 4.78 is 12.4. The van der Waals surface area contributed by atoms with Crippen LogP contribution in [0.15, 0.2) is 0 Å². The SMILES string of the molecule is CCCC#CCC(CC)O[Si](C)(C)OCCCCCCCCCCC. The third-order valence-electron chi connectivity index (χ3n) is 4.43. The molecule has 148 valence electrons. The first-order chi connectivity index (χ1) is 12.1. The average Bonchev–Trinajstić information content (AvgIpc) is 2.59. The van der Waals surface area contributed by atoms with Crippen molar-refractivity contribution in [2.75, 3.05) is 6.61 Å². The van der Waals surface area contributed by atoms with E-state index in [0.29, 0.717) is 0 Å². The Labute approximate surface area is 159 Å². The molecule has 0 aliphatic carbocycles. The van der Waals surface area contributed by atoms with Crippen LogP contribution in [0.5, 0.6) is 0 Å². The van der Waals surface area contributed by atoms with Crippen molar-refractivity contribution in [1.29, 1.82) is 0 Å². The van der Waals surface area contributed by atoms with Crippen molar-refractivity contribution in [3.05, 3.63) is 0 Å². The fraction of sp³-hybridized carbons (Fsp3) is 0.909. The van der Waals surface area contributed by atoms with Gasteiger partial charge in [0.15, 0.2) is 0 Å². The lowest BCUT2D eigenvalue weighted by atomic mass is 10.1. The molecule has 0 radical (unpaired) electrons. The Morgan fingerprint density at radius 2 is 1.36 bits per heavy atom. The van der Waals surface area contributed by atoms with Crippen LogP contribution in [0.2, 0.25) is 13.1 Å². The van der Waals surface area contributed by atoms with E-state index in [9.17, 15) is 0 Å². The highest BCUT2D eigenvalue weighted by Crippen LogP contribution is 2.16. The van der Waals surface area contributed by atoms with Crippen LogP contribution >= 0.6 is 0 Å². The van der Waals surface area contributed by atoms with Crippen LogP contribution in [0.25, 0.3) is 0 Å². The van der Waals surface area contributed by atoms with Crippen molar-refractivity contribution in [3.63, 3.8) is 0 Å². The summed E-state index contributed by atoms with van der Waals surface area (Å²) in [6.07, 6.45) is 16.4. The van der Waals surface area contributed by atoms with E-state index in [0.717, 1.165) is 32.3 Å². The van der Waals surface area contributed by atoms with Gasteiger partial charge in [-0.1, -0.05) is 72.1 Å². The van der Waals surface area contributed by atoms with Gasteiger partial charge in [0.05, 0.1) is 6.10 Å². The number of rotatable bonds is 16. The van der Waals surface area contributed by atoms with Gasteiger partial charge in [-0.2, -0.15) is 0 Å². The summed E-state index contributed by atoms with van der Waals surface area (Å²) >= 11 is 0. The fourth-order valence-corrected chi connectivity index (χ4v) is 4.59. The molecule has 2 nitrogen and oxygen atoms in total. The molecule has 0 saturated carbocycles. The number of unbranched alkanes of at least 4 members (excludes halogenated alkanes) is 9. The quantitative estimate of drug-likeness (QED) is 0.162. The highest BCUT2D eigenvalue weighted by Gasteiger charge is 2.27. The third-order valence-corrected chi connectivity index (χ3v) is 6.23. The number of hydrogen-bond acceptors (Lipinski definition) is 2. The first-order valence-corrected chi connectivity index (χ1v) is 13.6. The lowest BCUT2D eigenvalue weighted by molar-refractivity contribution is 0.119. The second kappa shape index (κ2) is 17.1. The summed E-state index contributed by atoms with van der Waals surface area (Å²) in [5.74, 6) is 6.48. The predicted octanol–water partition coefficient (Wildman–Crippen LogP) is 7.22. The fourth-order valence-electron chi connectivity index (χ4n) is 2.83. The molecule has 3 heteroatoms. The summed E-state index contributed by atoms with van der Waals surface area (Å²) in [7, 11) is -2.01. The molecule has 0 bridgehead atoms. The van der Waals surface area contributed by atoms with Gasteiger partial charge in [-0.3, -0.25) is 0 Å². The first kappa shape index (κ1) is 24.7. The Hall–Kier alpha value is -0.303. The van der Waals surface area contributed by atoms with Crippen LogP contribution in [0.4, 0.5) is 0 Å². The summed E-state index contributed by atoms with van der Waals surface area (Å²) in [4.78, 5) is 0. The Morgan fingerprint density at radius 1 is 0.760 bits per heavy atom. The number of hydrogen-bond donors (Lipinski definition) is 0. The van der Waals surface area contributed by atoms with Crippen LogP contribution in [-0.4, -0.2) is 21.3 Å². The highest BCUT2D eigenvalue weighted by atomic mass is 28.4. The molecule has 0 heterocycles. The van der Waals surface area contributed by atoms with E-state index in [1.165, 1.54) is 57.8 Å². The molecule has 0 aromatic rings. The smallest absolute Gasteiger partial charge is 0.331 e. The zero-order chi connectivity index (χ0) is 18.8. The zero-order valence-corrected chi connectivity index (χ0v) is 18.8. The van der Waals surface area contributed by atoms with Gasteiger partial charge in [0, 0.05) is 19.4 Å².